The molecule has 0 radical (unpaired) electrons. The quantitative estimate of drug-likeness (QED) is 0.203. The van der Waals surface area contributed by atoms with Crippen molar-refractivity contribution in [2.75, 3.05) is 35.0 Å². The van der Waals surface area contributed by atoms with Gasteiger partial charge in [-0.3, -0.25) is 9.32 Å². The summed E-state index contributed by atoms with van der Waals surface area (Å²) in [7, 11) is -4.22. The lowest BCUT2D eigenvalue weighted by Gasteiger charge is -2.27. The van der Waals surface area contributed by atoms with Gasteiger partial charge in [0.1, 0.15) is 35.6 Å². The molecule has 0 amide bonds. The van der Waals surface area contributed by atoms with E-state index in [-0.39, 0.29) is 30.3 Å². The number of nitriles is 1. The fraction of sp³-hybridized carbons (Fsp3) is 0.478. The number of aliphatic hydroxyl groups is 1. The summed E-state index contributed by atoms with van der Waals surface area (Å²) >= 11 is 0. The van der Waals surface area contributed by atoms with E-state index in [1.54, 1.807) is 49.1 Å². The van der Waals surface area contributed by atoms with E-state index in [1.807, 2.05) is 6.07 Å². The average molecular weight is 563 g/mol. The maximum atomic E-state index is 13.7. The van der Waals surface area contributed by atoms with Crippen molar-refractivity contribution in [1.82, 2.24) is 15.1 Å². The average Bonchev–Trinajstić information content (AvgIpc) is 3.43. The Balaban J connectivity index is 1.51. The standard InChI is InChI=1S/C23H31N8O7P/c1-12(2)36-22(33)13(3)30-39(34,38-14-7-5-4-6-8-14)35-10-16-18(32)15(9-24)21(37-16)31-11-27-17-19(25)28-23(26)29-20(17)31/h4-8,12-13,15-16,18,21,27,32H,10-11H2,1-3H3,(H,30,34)(H4,25,26,28,29). The summed E-state index contributed by atoms with van der Waals surface area (Å²) in [5, 5.41) is 26.3. The van der Waals surface area contributed by atoms with E-state index >= 15 is 0 Å². The van der Waals surface area contributed by atoms with Crippen LogP contribution in [0.3, 0.4) is 0 Å². The molecule has 0 saturated carbocycles. The topological polar surface area (TPSA) is 220 Å². The predicted molar refractivity (Wildman–Crippen MR) is 140 cm³/mol. The molecular formula is C23H31N8O7P. The highest BCUT2D eigenvalue weighted by Crippen LogP contribution is 2.46. The summed E-state index contributed by atoms with van der Waals surface area (Å²) < 4.78 is 36.2. The van der Waals surface area contributed by atoms with E-state index in [1.165, 1.54) is 6.92 Å². The second-order valence-electron chi connectivity index (χ2n) is 9.21. The largest absolute Gasteiger partial charge is 0.462 e. The molecule has 15 nitrogen and oxygen atoms in total. The number of hydrogen-bond acceptors (Lipinski definition) is 14. The van der Waals surface area contributed by atoms with Crippen LogP contribution in [-0.4, -0.2) is 64.9 Å². The second kappa shape index (κ2) is 11.6. The third-order valence-corrected chi connectivity index (χ3v) is 7.54. The van der Waals surface area contributed by atoms with Gasteiger partial charge in [0, 0.05) is 0 Å². The molecule has 6 unspecified atom stereocenters. The van der Waals surface area contributed by atoms with Gasteiger partial charge < -0.3 is 40.8 Å². The van der Waals surface area contributed by atoms with Gasteiger partial charge in [0.25, 0.3) is 0 Å². The Labute approximate surface area is 225 Å². The Morgan fingerprint density at radius 2 is 2.05 bits per heavy atom. The summed E-state index contributed by atoms with van der Waals surface area (Å²) in [5.41, 5.74) is 12.1. The third-order valence-electron chi connectivity index (χ3n) is 5.89. The number of para-hydroxylation sites is 1. The number of esters is 1. The number of carbonyl (C=O) groups excluding carboxylic acids is 1. The van der Waals surface area contributed by atoms with Crippen LogP contribution in [0.1, 0.15) is 20.8 Å². The lowest BCUT2D eigenvalue weighted by Crippen LogP contribution is -2.40. The molecule has 1 aromatic heterocycles. The molecule has 0 spiro atoms. The minimum Gasteiger partial charge on any atom is -0.462 e. The van der Waals surface area contributed by atoms with Crippen molar-refractivity contribution in [2.24, 2.45) is 5.92 Å². The summed E-state index contributed by atoms with van der Waals surface area (Å²) in [6, 6.07) is 9.22. The minimum absolute atomic E-state index is 0.0675. The number of anilines is 4. The molecule has 7 N–H and O–H groups in total. The number of rotatable bonds is 10. The van der Waals surface area contributed by atoms with Gasteiger partial charge >= 0.3 is 13.7 Å². The van der Waals surface area contributed by atoms with E-state index in [9.17, 15) is 19.7 Å². The second-order valence-corrected chi connectivity index (χ2v) is 10.9. The van der Waals surface area contributed by atoms with E-state index in [0.29, 0.717) is 11.5 Å². The number of nitrogens with two attached hydrogens (primary N) is 2. The number of nitrogen functional groups attached to an aromatic ring is 2. The van der Waals surface area contributed by atoms with Gasteiger partial charge in [-0.25, -0.2) is 4.57 Å². The summed E-state index contributed by atoms with van der Waals surface area (Å²) in [4.78, 5) is 22.0. The third kappa shape index (κ3) is 6.32. The van der Waals surface area contributed by atoms with Gasteiger partial charge in [0.2, 0.25) is 5.95 Å². The fourth-order valence-corrected chi connectivity index (χ4v) is 5.61. The molecule has 2 aliphatic rings. The van der Waals surface area contributed by atoms with Gasteiger partial charge in [-0.15, -0.1) is 0 Å². The summed E-state index contributed by atoms with van der Waals surface area (Å²) in [6.45, 7) is 4.54. The van der Waals surface area contributed by atoms with Crippen LogP contribution in [0.15, 0.2) is 30.3 Å². The number of nitrogens with one attached hydrogen (secondary N) is 2. The van der Waals surface area contributed by atoms with E-state index in [0.717, 1.165) is 0 Å². The molecule has 6 atom stereocenters. The molecule has 2 aliphatic heterocycles. The Bertz CT molecular complexity index is 1280. The number of aliphatic hydroxyl groups excluding tert-OH is 1. The Morgan fingerprint density at radius 3 is 2.72 bits per heavy atom. The summed E-state index contributed by atoms with van der Waals surface area (Å²) in [6.07, 6.45) is -3.77. The summed E-state index contributed by atoms with van der Waals surface area (Å²) in [5.74, 6) is -1.10. The molecule has 3 heterocycles. The highest BCUT2D eigenvalue weighted by atomic mass is 31.2. The smallest absolute Gasteiger partial charge is 0.459 e. The molecule has 2 aromatic rings. The molecule has 1 saturated heterocycles. The van der Waals surface area contributed by atoms with Crippen LogP contribution in [0.2, 0.25) is 0 Å². The number of hydrogen-bond donors (Lipinski definition) is 5. The van der Waals surface area contributed by atoms with Crippen LogP contribution in [0, 0.1) is 17.2 Å². The monoisotopic (exact) mass is 562 g/mol. The van der Waals surface area contributed by atoms with Crippen LogP contribution >= 0.6 is 7.75 Å². The molecule has 1 aromatic carbocycles. The van der Waals surface area contributed by atoms with Crippen molar-refractivity contribution in [2.45, 2.75) is 51.4 Å². The van der Waals surface area contributed by atoms with Crippen LogP contribution in [0.25, 0.3) is 0 Å². The number of carbonyl (C=O) groups is 1. The van der Waals surface area contributed by atoms with Crippen LogP contribution in [0.5, 0.6) is 5.75 Å². The van der Waals surface area contributed by atoms with Gasteiger partial charge in [0.15, 0.2) is 17.9 Å². The van der Waals surface area contributed by atoms with Gasteiger partial charge in [-0.1, -0.05) is 18.2 Å². The molecule has 16 heteroatoms. The molecular weight excluding hydrogens is 531 g/mol. The van der Waals surface area contributed by atoms with Crippen molar-refractivity contribution in [1.29, 1.82) is 5.26 Å². The lowest BCUT2D eigenvalue weighted by atomic mass is 10.0. The highest BCUT2D eigenvalue weighted by molar-refractivity contribution is 7.52. The van der Waals surface area contributed by atoms with E-state index in [4.69, 9.17) is 30.0 Å². The molecule has 39 heavy (non-hydrogen) atoms. The molecule has 4 rings (SSSR count). The predicted octanol–water partition coefficient (Wildman–Crippen LogP) is 1.19. The van der Waals surface area contributed by atoms with Crippen LogP contribution < -0.4 is 31.3 Å². The van der Waals surface area contributed by atoms with E-state index in [2.05, 4.69) is 20.4 Å². The van der Waals surface area contributed by atoms with Crippen molar-refractivity contribution in [3.63, 3.8) is 0 Å². The minimum atomic E-state index is -4.22. The number of ether oxygens (including phenoxy) is 2. The normalized spacial score (nSPS) is 24.4. The SMILES string of the molecule is CC(C)OC(=O)C(C)NP(=O)(OCC1OC(N2CNc3c(N)nc(N)nc32)C(C#N)C1O)Oc1ccccc1. The first-order valence-electron chi connectivity index (χ1n) is 12.2. The molecule has 1 fully saturated rings. The number of aromatic nitrogens is 2. The fourth-order valence-electron chi connectivity index (χ4n) is 4.11. The first-order valence-corrected chi connectivity index (χ1v) is 13.7. The number of benzene rings is 1. The zero-order chi connectivity index (χ0) is 28.3. The van der Waals surface area contributed by atoms with Gasteiger partial charge in [-0.2, -0.15) is 20.3 Å². The van der Waals surface area contributed by atoms with Crippen molar-refractivity contribution >= 4 is 37.0 Å². The number of nitrogens with zero attached hydrogens (tertiary/aromatic N) is 4. The van der Waals surface area contributed by atoms with Gasteiger partial charge in [-0.05, 0) is 32.9 Å². The van der Waals surface area contributed by atoms with E-state index < -0.39 is 50.7 Å². The van der Waals surface area contributed by atoms with Crippen LogP contribution in [-0.2, 0) is 23.4 Å². The molecule has 210 valence electrons. The van der Waals surface area contributed by atoms with Crippen molar-refractivity contribution in [3.8, 4) is 11.8 Å². The maximum Gasteiger partial charge on any atom is 0.459 e. The van der Waals surface area contributed by atoms with Crippen LogP contribution in [0.4, 0.5) is 23.3 Å². The maximum absolute atomic E-state index is 13.7. The Kier molecular flexibility index (Phi) is 8.43. The van der Waals surface area contributed by atoms with Gasteiger partial charge in [0.05, 0.1) is 25.4 Å². The zero-order valence-corrected chi connectivity index (χ0v) is 22.4. The lowest BCUT2D eigenvalue weighted by molar-refractivity contribution is -0.149. The first-order chi connectivity index (χ1) is 18.5. The number of fused-ring (bicyclic) bond motifs is 1. The highest BCUT2D eigenvalue weighted by Gasteiger charge is 2.49. The molecule has 0 aliphatic carbocycles. The zero-order valence-electron chi connectivity index (χ0n) is 21.6. The van der Waals surface area contributed by atoms with Crippen molar-refractivity contribution in [3.05, 3.63) is 30.3 Å². The molecule has 0 bridgehead atoms. The first kappa shape index (κ1) is 28.3. The van der Waals surface area contributed by atoms with Crippen molar-refractivity contribution < 1.29 is 33.0 Å². The Morgan fingerprint density at radius 1 is 1.33 bits per heavy atom. The Hall–Kier alpha value is -3.67.